The third kappa shape index (κ3) is 8.99. The van der Waals surface area contributed by atoms with Crippen molar-refractivity contribution in [3.05, 3.63) is 31.5 Å². The van der Waals surface area contributed by atoms with E-state index in [-0.39, 0.29) is 59.5 Å². The van der Waals surface area contributed by atoms with E-state index < -0.39 is 60.5 Å². The van der Waals surface area contributed by atoms with Gasteiger partial charge in [-0.05, 0) is 83.1 Å². The highest BCUT2D eigenvalue weighted by atomic mass is 28.4. The Balaban J connectivity index is 4.49. The summed E-state index contributed by atoms with van der Waals surface area (Å²) >= 11 is 0. The van der Waals surface area contributed by atoms with Gasteiger partial charge in [0.05, 0.1) is 0 Å². The van der Waals surface area contributed by atoms with Crippen LogP contribution in [0.1, 0.15) is 100 Å². The molecular formula is C27H57N3O12Si3. The van der Waals surface area contributed by atoms with Gasteiger partial charge in [-0.3, -0.25) is 0 Å². The molecular weight excluding hydrogens is 643 g/mol. The van der Waals surface area contributed by atoms with Crippen LogP contribution in [0.5, 0.6) is 0 Å². The Morgan fingerprint density at radius 3 is 0.622 bits per heavy atom. The van der Waals surface area contributed by atoms with E-state index in [0.717, 1.165) is 13.7 Å². The van der Waals surface area contributed by atoms with Crippen molar-refractivity contribution in [1.82, 2.24) is 13.7 Å². The number of hydrogen-bond donors (Lipinski definition) is 0. The summed E-state index contributed by atoms with van der Waals surface area (Å²) in [6.45, 7) is 22.7. The zero-order valence-electron chi connectivity index (χ0n) is 29.3. The van der Waals surface area contributed by atoms with Crippen LogP contribution in [-0.2, 0) is 39.8 Å². The Labute approximate surface area is 270 Å². The molecule has 0 spiro atoms. The molecule has 0 aliphatic carbocycles. The first kappa shape index (κ1) is 41.7. The molecule has 0 amide bonds. The molecule has 264 valence electrons. The maximum atomic E-state index is 14.6. The summed E-state index contributed by atoms with van der Waals surface area (Å²) < 4.78 is 57.8. The van der Waals surface area contributed by atoms with Gasteiger partial charge in [-0.2, -0.15) is 0 Å². The molecule has 3 unspecified atom stereocenters. The summed E-state index contributed by atoms with van der Waals surface area (Å²) in [4.78, 5) is 43.7. The molecule has 0 aliphatic rings. The van der Waals surface area contributed by atoms with Gasteiger partial charge in [0.15, 0.2) is 0 Å². The van der Waals surface area contributed by atoms with Crippen LogP contribution in [0, 0.1) is 0 Å². The van der Waals surface area contributed by atoms with E-state index in [1.807, 2.05) is 0 Å². The van der Waals surface area contributed by atoms with Crippen LogP contribution in [0.15, 0.2) is 14.4 Å². The first-order chi connectivity index (χ1) is 21.4. The van der Waals surface area contributed by atoms with Gasteiger partial charge in [-0.15, -0.1) is 0 Å². The second kappa shape index (κ2) is 19.5. The number of nitrogens with zero attached hydrogens (tertiary/aromatic N) is 3. The van der Waals surface area contributed by atoms with Crippen LogP contribution in [0.3, 0.4) is 0 Å². The lowest BCUT2D eigenvalue weighted by atomic mass is 10.6. The molecule has 3 atom stereocenters. The third-order valence-electron chi connectivity index (χ3n) is 7.04. The molecule has 1 aromatic heterocycles. The number of rotatable bonds is 24. The highest BCUT2D eigenvalue weighted by Gasteiger charge is 2.55. The van der Waals surface area contributed by atoms with Gasteiger partial charge < -0.3 is 39.8 Å². The van der Waals surface area contributed by atoms with Gasteiger partial charge in [0.2, 0.25) is 0 Å². The molecule has 45 heavy (non-hydrogen) atoms. The summed E-state index contributed by atoms with van der Waals surface area (Å²) in [6.07, 6.45) is 0. The van der Waals surface area contributed by atoms with Crippen molar-refractivity contribution in [2.75, 3.05) is 59.5 Å². The summed E-state index contributed by atoms with van der Waals surface area (Å²) in [5, 5.41) is 0. The average molecular weight is 700 g/mol. The maximum absolute atomic E-state index is 14.6. The highest BCUT2D eigenvalue weighted by Crippen LogP contribution is 2.27. The molecule has 0 aromatic carbocycles. The maximum Gasteiger partial charge on any atom is 0.525 e. The van der Waals surface area contributed by atoms with Crippen molar-refractivity contribution in [1.29, 1.82) is 0 Å². The van der Waals surface area contributed by atoms with Crippen LogP contribution >= 0.6 is 0 Å². The quantitative estimate of drug-likeness (QED) is 0.146. The fourth-order valence-electron chi connectivity index (χ4n) is 5.33. The summed E-state index contributed by atoms with van der Waals surface area (Å²) in [6, 6.07) is 0. The van der Waals surface area contributed by atoms with Gasteiger partial charge in [0.25, 0.3) is 0 Å². The van der Waals surface area contributed by atoms with Gasteiger partial charge in [0, 0.05) is 59.5 Å². The molecule has 0 radical (unpaired) electrons. The van der Waals surface area contributed by atoms with E-state index in [2.05, 4.69) is 0 Å². The zero-order chi connectivity index (χ0) is 34.4. The Morgan fingerprint density at radius 2 is 0.511 bits per heavy atom. The minimum absolute atomic E-state index is 0.204. The van der Waals surface area contributed by atoms with Gasteiger partial charge >= 0.3 is 43.5 Å². The van der Waals surface area contributed by atoms with E-state index in [1.165, 1.54) is 0 Å². The monoisotopic (exact) mass is 699 g/mol. The Hall–Kier alpha value is -1.30. The van der Waals surface area contributed by atoms with Crippen molar-refractivity contribution in [3.8, 4) is 0 Å². The molecule has 0 bridgehead atoms. The normalized spacial score (nSPS) is 14.9. The second-order valence-electron chi connectivity index (χ2n) is 9.69. The zero-order valence-corrected chi connectivity index (χ0v) is 32.3. The van der Waals surface area contributed by atoms with Gasteiger partial charge in [-0.1, -0.05) is 0 Å². The fourth-order valence-corrected chi connectivity index (χ4v) is 13.5. The standard InChI is InChI=1S/C27H57N3O12Si3/c1-13-34-43(35-14-2,36-15-3)22(10)28-25(31)29(23(11)44(37-16-4,38-17-5)39-18-6)27(33)30(26(28)32)24(12)45(40-19-7,41-20-8)42-21-9/h22-24H,13-21H2,1-12H3. The Morgan fingerprint density at radius 1 is 0.378 bits per heavy atom. The lowest BCUT2D eigenvalue weighted by Gasteiger charge is -2.37. The van der Waals surface area contributed by atoms with Gasteiger partial charge in [0.1, 0.15) is 17.0 Å². The smallest absolute Gasteiger partial charge is 0.373 e. The minimum atomic E-state index is -3.75. The Bertz CT molecular complexity index is 970. The van der Waals surface area contributed by atoms with Crippen molar-refractivity contribution >= 4 is 26.4 Å². The van der Waals surface area contributed by atoms with E-state index in [0.29, 0.717) is 0 Å². The molecule has 0 fully saturated rings. The predicted octanol–water partition coefficient (Wildman–Crippen LogP) is 2.62. The molecule has 0 saturated carbocycles. The average Bonchev–Trinajstić information content (AvgIpc) is 2.98. The van der Waals surface area contributed by atoms with Crippen molar-refractivity contribution in [2.45, 2.75) is 100 Å². The predicted molar refractivity (Wildman–Crippen MR) is 175 cm³/mol. The van der Waals surface area contributed by atoms with E-state index in [1.54, 1.807) is 83.1 Å². The first-order valence-corrected chi connectivity index (χ1v) is 21.5. The molecule has 1 heterocycles. The number of aromatic nitrogens is 3. The van der Waals surface area contributed by atoms with Crippen LogP contribution in [0.2, 0.25) is 0 Å². The number of hydrogen-bond acceptors (Lipinski definition) is 12. The molecule has 1 rings (SSSR count). The van der Waals surface area contributed by atoms with Crippen molar-refractivity contribution in [2.24, 2.45) is 0 Å². The van der Waals surface area contributed by atoms with Crippen molar-refractivity contribution < 1.29 is 39.8 Å². The van der Waals surface area contributed by atoms with Crippen LogP contribution in [0.25, 0.3) is 0 Å². The van der Waals surface area contributed by atoms with Crippen LogP contribution in [0.4, 0.5) is 0 Å². The Kier molecular flexibility index (Phi) is 18.1. The van der Waals surface area contributed by atoms with Crippen LogP contribution in [-0.4, -0.2) is 99.6 Å². The molecule has 0 N–H and O–H groups in total. The van der Waals surface area contributed by atoms with E-state index in [9.17, 15) is 14.4 Å². The lowest BCUT2D eigenvalue weighted by molar-refractivity contribution is 0.0478. The third-order valence-corrected chi connectivity index (χ3v) is 17.1. The summed E-state index contributed by atoms with van der Waals surface area (Å²) in [5.74, 6) is 0. The SMILES string of the molecule is CCO[Si](OCC)(OCC)C(C)n1c(=O)n(C(C)[Si](OCC)(OCC)OCC)c(=O)n(C(C)[Si](OCC)(OCC)OCC)c1=O. The lowest BCUT2D eigenvalue weighted by Crippen LogP contribution is -2.67. The van der Waals surface area contributed by atoms with Crippen molar-refractivity contribution in [3.63, 3.8) is 0 Å². The van der Waals surface area contributed by atoms with Gasteiger partial charge in [-0.25, -0.2) is 28.1 Å². The highest BCUT2D eigenvalue weighted by molar-refractivity contribution is 6.62. The largest absolute Gasteiger partial charge is 0.525 e. The fraction of sp³-hybridized carbons (Fsp3) is 0.889. The molecule has 15 nitrogen and oxygen atoms in total. The molecule has 18 heteroatoms. The molecule has 0 saturated heterocycles. The minimum Gasteiger partial charge on any atom is -0.373 e. The second-order valence-corrected chi connectivity index (χ2v) is 18.4. The molecule has 0 aliphatic heterocycles. The first-order valence-electron chi connectivity index (χ1n) is 16.1. The molecule has 1 aromatic rings. The summed E-state index contributed by atoms with van der Waals surface area (Å²) in [5.41, 5.74) is -5.84. The summed E-state index contributed by atoms with van der Waals surface area (Å²) in [7, 11) is -11.2. The topological polar surface area (TPSA) is 149 Å². The van der Waals surface area contributed by atoms with E-state index >= 15 is 0 Å². The van der Waals surface area contributed by atoms with E-state index in [4.69, 9.17) is 39.8 Å². The van der Waals surface area contributed by atoms with Crippen LogP contribution < -0.4 is 17.1 Å².